The van der Waals surface area contributed by atoms with Crippen LogP contribution in [0.25, 0.3) is 0 Å². The van der Waals surface area contributed by atoms with Crippen molar-refractivity contribution in [2.24, 2.45) is 11.8 Å². The van der Waals surface area contributed by atoms with E-state index < -0.39 is 11.9 Å². The van der Waals surface area contributed by atoms with E-state index in [1.165, 1.54) is 0 Å². The highest BCUT2D eigenvalue weighted by molar-refractivity contribution is 5.94. The van der Waals surface area contributed by atoms with Crippen LogP contribution in [0, 0.1) is 11.8 Å². The van der Waals surface area contributed by atoms with E-state index in [4.69, 9.17) is 4.74 Å². The highest BCUT2D eigenvalue weighted by Crippen LogP contribution is 2.42. The van der Waals surface area contributed by atoms with Gasteiger partial charge in [-0.25, -0.2) is 0 Å². The molecule has 2 aromatic rings. The van der Waals surface area contributed by atoms with Gasteiger partial charge in [-0.05, 0) is 48.1 Å². The summed E-state index contributed by atoms with van der Waals surface area (Å²) in [7, 11) is 0. The molecule has 2 aliphatic heterocycles. The van der Waals surface area contributed by atoms with Crippen molar-refractivity contribution in [3.8, 4) is 5.75 Å². The van der Waals surface area contributed by atoms with E-state index >= 15 is 0 Å². The topological polar surface area (TPSA) is 83.0 Å². The van der Waals surface area contributed by atoms with Crippen molar-refractivity contribution in [1.82, 2.24) is 9.88 Å². The third kappa shape index (κ3) is 6.32. The van der Waals surface area contributed by atoms with Crippen LogP contribution in [0.4, 0.5) is 5.69 Å². The van der Waals surface area contributed by atoms with E-state index in [1.807, 2.05) is 29.2 Å². The zero-order chi connectivity index (χ0) is 26.4. The largest absolute Gasteiger partial charge is 0.493 e. The highest BCUT2D eigenvalue weighted by Gasteiger charge is 2.47. The highest BCUT2D eigenvalue weighted by atomic mass is 16.5. The van der Waals surface area contributed by atoms with Crippen molar-refractivity contribution in [2.75, 3.05) is 31.1 Å². The van der Waals surface area contributed by atoms with Crippen molar-refractivity contribution in [3.63, 3.8) is 0 Å². The third-order valence-corrected chi connectivity index (χ3v) is 7.93. The predicted octanol–water partition coefficient (Wildman–Crippen LogP) is 5.14. The molecule has 0 aliphatic carbocycles. The van der Waals surface area contributed by atoms with Crippen molar-refractivity contribution in [2.45, 2.75) is 71.3 Å². The van der Waals surface area contributed by atoms with E-state index in [0.29, 0.717) is 25.6 Å². The van der Waals surface area contributed by atoms with Gasteiger partial charge in [-0.3, -0.25) is 19.5 Å². The number of carboxylic acids is 1. The lowest BCUT2D eigenvalue weighted by Crippen LogP contribution is -2.45. The number of benzene rings is 1. The number of hydrogen-bond donors (Lipinski definition) is 1. The van der Waals surface area contributed by atoms with E-state index in [1.54, 1.807) is 12.4 Å². The van der Waals surface area contributed by atoms with Crippen molar-refractivity contribution >= 4 is 17.6 Å². The maximum absolute atomic E-state index is 13.7. The Balaban J connectivity index is 1.63. The summed E-state index contributed by atoms with van der Waals surface area (Å²) in [5.74, 6) is -0.220. The average Bonchev–Trinajstić information content (AvgIpc) is 3.49. The fourth-order valence-corrected chi connectivity index (χ4v) is 6.07. The number of anilines is 1. The zero-order valence-electron chi connectivity index (χ0n) is 22.4. The van der Waals surface area contributed by atoms with Crippen molar-refractivity contribution < 1.29 is 19.4 Å². The Morgan fingerprint density at radius 2 is 2.08 bits per heavy atom. The number of carbonyl (C=O) groups excluding carboxylic acids is 1. The molecule has 1 aromatic carbocycles. The molecule has 1 aromatic heterocycles. The summed E-state index contributed by atoms with van der Waals surface area (Å²) >= 11 is 0. The van der Waals surface area contributed by atoms with Crippen LogP contribution in [0.5, 0.6) is 5.75 Å². The number of rotatable bonds is 12. The fraction of sp³-hybridized carbons (Fsp3) is 0.567. The van der Waals surface area contributed by atoms with Gasteiger partial charge in [0.15, 0.2) is 0 Å². The number of likely N-dealkylation sites (tertiary alicyclic amines) is 1. The minimum atomic E-state index is -0.777. The second-order valence-electron chi connectivity index (χ2n) is 10.7. The van der Waals surface area contributed by atoms with Gasteiger partial charge in [0, 0.05) is 37.7 Å². The first kappa shape index (κ1) is 27.1. The Kier molecular flexibility index (Phi) is 9.19. The second-order valence-corrected chi connectivity index (χ2v) is 10.7. The molecule has 1 saturated heterocycles. The van der Waals surface area contributed by atoms with Gasteiger partial charge in [0.25, 0.3) is 0 Å². The molecule has 200 valence electrons. The smallest absolute Gasteiger partial charge is 0.308 e. The minimum Gasteiger partial charge on any atom is -0.493 e. The summed E-state index contributed by atoms with van der Waals surface area (Å²) in [6, 6.07) is 9.70. The molecule has 0 saturated carbocycles. The first-order valence-corrected chi connectivity index (χ1v) is 13.9. The average molecular weight is 508 g/mol. The fourth-order valence-electron chi connectivity index (χ4n) is 6.07. The van der Waals surface area contributed by atoms with E-state index in [9.17, 15) is 14.7 Å². The number of aliphatic carboxylic acids is 1. The van der Waals surface area contributed by atoms with Crippen LogP contribution in [0.2, 0.25) is 0 Å². The van der Waals surface area contributed by atoms with Gasteiger partial charge in [0.2, 0.25) is 5.91 Å². The molecule has 7 nitrogen and oxygen atoms in total. The van der Waals surface area contributed by atoms with Gasteiger partial charge in [-0.1, -0.05) is 52.2 Å². The molecule has 2 aliphatic rings. The molecule has 37 heavy (non-hydrogen) atoms. The van der Waals surface area contributed by atoms with Crippen molar-refractivity contribution in [3.05, 3.63) is 53.9 Å². The molecule has 4 rings (SSSR count). The van der Waals surface area contributed by atoms with Crippen LogP contribution >= 0.6 is 0 Å². The molecule has 1 fully saturated rings. The Hall–Kier alpha value is -2.93. The zero-order valence-corrected chi connectivity index (χ0v) is 22.4. The number of amides is 1. The molecular weight excluding hydrogens is 466 g/mol. The lowest BCUT2D eigenvalue weighted by Gasteiger charge is -2.31. The van der Waals surface area contributed by atoms with Gasteiger partial charge in [-0.2, -0.15) is 0 Å². The number of ether oxygens (including phenoxy) is 1. The number of fused-ring (bicyclic) bond motifs is 1. The summed E-state index contributed by atoms with van der Waals surface area (Å²) in [6.45, 7) is 8.54. The van der Waals surface area contributed by atoms with Crippen LogP contribution in [0.1, 0.15) is 69.9 Å². The molecule has 1 amide bonds. The lowest BCUT2D eigenvalue weighted by atomic mass is 9.81. The third-order valence-electron chi connectivity index (χ3n) is 7.93. The predicted molar refractivity (Wildman–Crippen MR) is 145 cm³/mol. The molecular formula is C30H41N3O4. The molecule has 4 atom stereocenters. The van der Waals surface area contributed by atoms with Gasteiger partial charge in [0.1, 0.15) is 5.75 Å². The van der Waals surface area contributed by atoms with Crippen LogP contribution < -0.4 is 9.64 Å². The first-order valence-electron chi connectivity index (χ1n) is 13.9. The number of carboxylic acid groups (broad SMARTS) is 1. The number of hydrogen-bond acceptors (Lipinski definition) is 5. The molecule has 1 N–H and O–H groups in total. The van der Waals surface area contributed by atoms with Crippen LogP contribution in [-0.2, 0) is 16.0 Å². The summed E-state index contributed by atoms with van der Waals surface area (Å²) in [5, 5.41) is 10.5. The van der Waals surface area contributed by atoms with E-state index in [0.717, 1.165) is 61.1 Å². The number of pyridine rings is 1. The number of unbranched alkanes of at least 4 members (excludes halogenated alkanes) is 1. The Morgan fingerprint density at radius 1 is 1.24 bits per heavy atom. The molecule has 0 bridgehead atoms. The lowest BCUT2D eigenvalue weighted by molar-refractivity contribution is -0.143. The van der Waals surface area contributed by atoms with Gasteiger partial charge < -0.3 is 14.7 Å². The maximum Gasteiger partial charge on any atom is 0.308 e. The number of aromatic nitrogens is 1. The number of nitrogens with zero attached hydrogens (tertiary/aromatic N) is 3. The first-order chi connectivity index (χ1) is 17.9. The monoisotopic (exact) mass is 507 g/mol. The molecule has 7 heteroatoms. The van der Waals surface area contributed by atoms with Crippen molar-refractivity contribution in [1.29, 1.82) is 0 Å². The maximum atomic E-state index is 13.7. The van der Waals surface area contributed by atoms with Gasteiger partial charge in [-0.15, -0.1) is 0 Å². The Labute approximate surface area is 220 Å². The molecule has 0 spiro atoms. The summed E-state index contributed by atoms with van der Waals surface area (Å²) in [4.78, 5) is 34.7. The summed E-state index contributed by atoms with van der Waals surface area (Å²) in [6.07, 6.45) is 9.05. The molecule has 0 radical (unpaired) electrons. The SMILES string of the molecule is CCCCN(C(=O)CN1C[C@H](c2ccc3c(c2)CCO3)[C@@H](C(=O)O)[C@@H]1CC(C)CCC)c1cccnc1. The van der Waals surface area contributed by atoms with Gasteiger partial charge >= 0.3 is 5.97 Å². The normalized spacial score (nSPS) is 21.9. The quantitative estimate of drug-likeness (QED) is 0.428. The molecule has 3 heterocycles. The van der Waals surface area contributed by atoms with Gasteiger partial charge in [0.05, 0.1) is 31.0 Å². The Bertz CT molecular complexity index is 1060. The van der Waals surface area contributed by atoms with Crippen LogP contribution in [0.3, 0.4) is 0 Å². The standard InChI is InChI=1S/C30H41N3O4/c1-4-6-14-33(24-9-7-13-31-18-24)28(34)20-32-19-25(22-10-11-27-23(17-22)12-15-37-27)29(30(35)36)26(32)16-21(3)8-5-2/h7,9-11,13,17-18,21,25-26,29H,4-6,8,12,14-16,19-20H2,1-3H3,(H,35,36)/t21?,25-,26+,29-/m1/s1. The number of carbonyl (C=O) groups is 2. The van der Waals surface area contributed by atoms with Crippen LogP contribution in [-0.4, -0.2) is 59.1 Å². The van der Waals surface area contributed by atoms with E-state index in [-0.39, 0.29) is 24.4 Å². The second kappa shape index (κ2) is 12.5. The summed E-state index contributed by atoms with van der Waals surface area (Å²) < 4.78 is 5.68. The van der Waals surface area contributed by atoms with Crippen LogP contribution in [0.15, 0.2) is 42.7 Å². The Morgan fingerprint density at radius 3 is 2.78 bits per heavy atom. The van der Waals surface area contributed by atoms with E-state index in [2.05, 4.69) is 36.7 Å². The minimum absolute atomic E-state index is 0.00161. The molecule has 1 unspecified atom stereocenters. The summed E-state index contributed by atoms with van der Waals surface area (Å²) in [5.41, 5.74) is 2.98.